The number of hydrogen-bond acceptors (Lipinski definition) is 8. The van der Waals surface area contributed by atoms with E-state index in [1.807, 2.05) is 78.9 Å². The van der Waals surface area contributed by atoms with Gasteiger partial charge in [0.25, 0.3) is 0 Å². The summed E-state index contributed by atoms with van der Waals surface area (Å²) in [6.45, 7) is 1.23. The molecule has 0 unspecified atom stereocenters. The van der Waals surface area contributed by atoms with Gasteiger partial charge in [-0.15, -0.1) is 0 Å². The fourth-order valence-electron chi connectivity index (χ4n) is 5.70. The number of halogens is 3. The molecule has 5 aromatic rings. The first-order valence-electron chi connectivity index (χ1n) is 15.6. The Morgan fingerprint density at radius 2 is 1.47 bits per heavy atom. The van der Waals surface area contributed by atoms with Crippen molar-refractivity contribution in [3.8, 4) is 5.75 Å². The molecule has 0 bridgehead atoms. The molecule has 1 fully saturated rings. The van der Waals surface area contributed by atoms with Crippen LogP contribution in [0.3, 0.4) is 0 Å². The number of carbonyl (C=O) groups is 1. The van der Waals surface area contributed by atoms with Crippen LogP contribution in [-0.4, -0.2) is 55.8 Å². The minimum absolute atomic E-state index is 0.321. The lowest BCUT2D eigenvalue weighted by atomic mass is 9.82. The quantitative estimate of drug-likeness (QED) is 0.118. The summed E-state index contributed by atoms with van der Waals surface area (Å²) < 4.78 is 66.3. The van der Waals surface area contributed by atoms with E-state index >= 15 is 0 Å². The molecule has 0 amide bonds. The molecule has 1 aromatic heterocycles. The first kappa shape index (κ1) is 35.4. The predicted molar refractivity (Wildman–Crippen MR) is 183 cm³/mol. The lowest BCUT2D eigenvalue weighted by Crippen LogP contribution is -2.32. The molecule has 0 spiro atoms. The molecule has 258 valence electrons. The molecule has 4 aromatic carbocycles. The van der Waals surface area contributed by atoms with Crippen molar-refractivity contribution in [2.45, 2.75) is 36.8 Å². The Labute approximate surface area is 281 Å². The van der Waals surface area contributed by atoms with Gasteiger partial charge in [-0.3, -0.25) is 0 Å². The molecule has 14 heteroatoms. The molecular formula is C35H36F3N5O5S. The number of sulfonamides is 1. The van der Waals surface area contributed by atoms with E-state index in [0.29, 0.717) is 29.2 Å². The second-order valence-corrected chi connectivity index (χ2v) is 13.4. The number of hydrogen-bond donors (Lipinski definition) is 4. The number of methoxy groups -OCH3 is 1. The predicted octanol–water partition coefficient (Wildman–Crippen LogP) is 7.37. The number of rotatable bonds is 10. The maximum absolute atomic E-state index is 13.1. The molecule has 49 heavy (non-hydrogen) atoms. The Morgan fingerprint density at radius 1 is 0.857 bits per heavy atom. The van der Waals surface area contributed by atoms with Gasteiger partial charge in [-0.25, -0.2) is 22.9 Å². The van der Waals surface area contributed by atoms with Gasteiger partial charge in [0.05, 0.1) is 17.5 Å². The Hall–Kier alpha value is -4.95. The summed E-state index contributed by atoms with van der Waals surface area (Å²) in [5.41, 5.74) is 1.75. The summed E-state index contributed by atoms with van der Waals surface area (Å²) in [7, 11) is -1.93. The van der Waals surface area contributed by atoms with Crippen molar-refractivity contribution in [3.05, 3.63) is 91.0 Å². The van der Waals surface area contributed by atoms with Crippen LogP contribution in [0.15, 0.2) is 95.9 Å². The van der Waals surface area contributed by atoms with Crippen LogP contribution in [0.25, 0.3) is 21.7 Å². The van der Waals surface area contributed by atoms with Gasteiger partial charge in [-0.05, 0) is 73.2 Å². The number of fused-ring (bicyclic) bond motifs is 2. The minimum Gasteiger partial charge on any atom is -0.497 e. The summed E-state index contributed by atoms with van der Waals surface area (Å²) in [4.78, 5) is 18.8. The molecule has 1 heterocycles. The van der Waals surface area contributed by atoms with Gasteiger partial charge in [0.15, 0.2) is 0 Å². The van der Waals surface area contributed by atoms with Crippen molar-refractivity contribution in [2.24, 2.45) is 11.8 Å². The maximum atomic E-state index is 13.1. The van der Waals surface area contributed by atoms with Crippen molar-refractivity contribution in [2.75, 3.05) is 30.8 Å². The van der Waals surface area contributed by atoms with Gasteiger partial charge < -0.3 is 20.5 Å². The number of alkyl halides is 3. The minimum atomic E-state index is -5.08. The summed E-state index contributed by atoms with van der Waals surface area (Å²) in [5, 5.41) is 16.6. The third kappa shape index (κ3) is 9.36. The highest BCUT2D eigenvalue weighted by molar-refractivity contribution is 7.89. The molecule has 0 atom stereocenters. The van der Waals surface area contributed by atoms with Crippen LogP contribution in [0.5, 0.6) is 5.75 Å². The molecule has 10 nitrogen and oxygen atoms in total. The topological polar surface area (TPSA) is 143 Å². The van der Waals surface area contributed by atoms with E-state index in [1.54, 1.807) is 19.2 Å². The van der Waals surface area contributed by atoms with E-state index in [9.17, 15) is 21.6 Å². The SMILES string of the molecule is COc1cccc(Nc2nc(NCC3CCC(CNS(=O)(=O)c4cccc5ccccc45)CC3)nc3ccccc23)c1.O=C(O)C(F)(F)F. The van der Waals surface area contributed by atoms with Gasteiger partial charge in [0, 0.05) is 35.6 Å². The standard InChI is InChI=1S/C33H35N5O3S.C2HF3O2/c1-41-27-11-7-10-26(20-27)36-32-29-13-4-5-14-30(29)37-33(38-32)34-21-23-16-18-24(19-17-23)22-35-42(39,40)31-15-6-9-25-8-2-3-12-28(25)31;3-2(4,5)1(6)7/h2-15,20,23-24,35H,16-19,21-22H2,1H3,(H2,34,36,37,38);(H,6,7). The summed E-state index contributed by atoms with van der Waals surface area (Å²) in [5.74, 6) is 0.131. The van der Waals surface area contributed by atoms with Crippen molar-refractivity contribution in [3.63, 3.8) is 0 Å². The molecule has 6 rings (SSSR count). The van der Waals surface area contributed by atoms with E-state index in [-0.39, 0.29) is 0 Å². The third-order valence-electron chi connectivity index (χ3n) is 8.29. The van der Waals surface area contributed by atoms with Crippen LogP contribution in [0.2, 0.25) is 0 Å². The van der Waals surface area contributed by atoms with E-state index < -0.39 is 22.2 Å². The van der Waals surface area contributed by atoms with Crippen molar-refractivity contribution < 1.29 is 36.2 Å². The number of nitrogens with one attached hydrogen (secondary N) is 3. The zero-order valence-corrected chi connectivity index (χ0v) is 27.4. The van der Waals surface area contributed by atoms with Gasteiger partial charge in [-0.2, -0.15) is 18.2 Å². The molecule has 1 aliphatic carbocycles. The summed E-state index contributed by atoms with van der Waals surface area (Å²) >= 11 is 0. The zero-order valence-electron chi connectivity index (χ0n) is 26.6. The highest BCUT2D eigenvalue weighted by Gasteiger charge is 2.38. The van der Waals surface area contributed by atoms with E-state index in [4.69, 9.17) is 24.6 Å². The molecule has 1 aliphatic rings. The number of aromatic nitrogens is 2. The number of aliphatic carboxylic acids is 1. The highest BCUT2D eigenvalue weighted by Crippen LogP contribution is 2.31. The van der Waals surface area contributed by atoms with Crippen molar-refractivity contribution >= 4 is 55.1 Å². The first-order chi connectivity index (χ1) is 23.4. The molecule has 0 aliphatic heterocycles. The van der Waals surface area contributed by atoms with E-state index in [0.717, 1.165) is 71.2 Å². The van der Waals surface area contributed by atoms with Gasteiger partial charge in [0.2, 0.25) is 16.0 Å². The molecule has 0 radical (unpaired) electrons. The van der Waals surface area contributed by atoms with E-state index in [2.05, 4.69) is 15.4 Å². The van der Waals surface area contributed by atoms with Gasteiger partial charge in [0.1, 0.15) is 11.6 Å². The Kier molecular flexibility index (Phi) is 11.2. The average Bonchev–Trinajstić information content (AvgIpc) is 3.10. The first-order valence-corrected chi connectivity index (χ1v) is 17.1. The Morgan fingerprint density at radius 3 is 2.16 bits per heavy atom. The van der Waals surface area contributed by atoms with Crippen molar-refractivity contribution in [1.82, 2.24) is 14.7 Å². The number of nitrogens with zero attached hydrogens (tertiary/aromatic N) is 2. The van der Waals surface area contributed by atoms with Crippen LogP contribution in [0.4, 0.5) is 30.6 Å². The lowest BCUT2D eigenvalue weighted by molar-refractivity contribution is -0.192. The fourth-order valence-corrected chi connectivity index (χ4v) is 7.04. The smallest absolute Gasteiger partial charge is 0.490 e. The Bertz CT molecular complexity index is 2010. The largest absolute Gasteiger partial charge is 0.497 e. The fraction of sp³-hybridized carbons (Fsp3) is 0.286. The number of ether oxygens (including phenoxy) is 1. The van der Waals surface area contributed by atoms with Crippen LogP contribution < -0.4 is 20.1 Å². The lowest BCUT2D eigenvalue weighted by Gasteiger charge is -2.28. The van der Waals surface area contributed by atoms with Crippen LogP contribution >= 0.6 is 0 Å². The number of para-hydroxylation sites is 1. The second kappa shape index (κ2) is 15.5. The highest BCUT2D eigenvalue weighted by atomic mass is 32.2. The van der Waals surface area contributed by atoms with Crippen LogP contribution in [0, 0.1) is 11.8 Å². The number of benzene rings is 4. The van der Waals surface area contributed by atoms with Gasteiger partial charge in [-0.1, -0.05) is 54.6 Å². The normalized spacial score (nSPS) is 16.4. The number of carboxylic acid groups (broad SMARTS) is 1. The summed E-state index contributed by atoms with van der Waals surface area (Å²) in [6, 6.07) is 28.7. The monoisotopic (exact) mass is 695 g/mol. The second-order valence-electron chi connectivity index (χ2n) is 11.7. The Balaban J connectivity index is 0.000000606. The van der Waals surface area contributed by atoms with Gasteiger partial charge >= 0.3 is 12.1 Å². The zero-order chi connectivity index (χ0) is 35.0. The van der Waals surface area contributed by atoms with Crippen LogP contribution in [-0.2, 0) is 14.8 Å². The number of anilines is 3. The van der Waals surface area contributed by atoms with Crippen molar-refractivity contribution in [1.29, 1.82) is 0 Å². The maximum Gasteiger partial charge on any atom is 0.490 e. The summed E-state index contributed by atoms with van der Waals surface area (Å²) in [6.07, 6.45) is -1.08. The van der Waals surface area contributed by atoms with Crippen LogP contribution in [0.1, 0.15) is 25.7 Å². The van der Waals surface area contributed by atoms with E-state index in [1.165, 1.54) is 0 Å². The third-order valence-corrected chi connectivity index (χ3v) is 9.78. The number of carboxylic acids is 1. The molecule has 4 N–H and O–H groups in total. The molecular weight excluding hydrogens is 659 g/mol. The molecule has 1 saturated carbocycles. The molecule has 0 saturated heterocycles. The average molecular weight is 696 g/mol.